The lowest BCUT2D eigenvalue weighted by Crippen LogP contribution is -2.49. The zero-order chi connectivity index (χ0) is 17.4. The number of carbonyl (C=O) groups excluding carboxylic acids is 3. The third-order valence-electron chi connectivity index (χ3n) is 5.08. The topological polar surface area (TPSA) is 83.7 Å². The molecule has 6 heteroatoms. The van der Waals surface area contributed by atoms with Gasteiger partial charge >= 0.3 is 0 Å². The minimum Gasteiger partial charge on any atom is -0.369 e. The van der Waals surface area contributed by atoms with Crippen LogP contribution in [0, 0.1) is 19.8 Å². The van der Waals surface area contributed by atoms with Gasteiger partial charge in [-0.15, -0.1) is 0 Å². The van der Waals surface area contributed by atoms with E-state index in [4.69, 9.17) is 5.73 Å². The van der Waals surface area contributed by atoms with E-state index in [0.717, 1.165) is 24.0 Å². The maximum absolute atomic E-state index is 12.9. The molecule has 2 N–H and O–H groups in total. The third kappa shape index (κ3) is 2.82. The van der Waals surface area contributed by atoms with Crippen molar-refractivity contribution >= 4 is 23.4 Å². The molecule has 2 aliphatic heterocycles. The van der Waals surface area contributed by atoms with Crippen LogP contribution in [0.25, 0.3) is 0 Å². The molecule has 2 fully saturated rings. The minimum atomic E-state index is -0.487. The average Bonchev–Trinajstić information content (AvgIpc) is 2.83. The summed E-state index contributed by atoms with van der Waals surface area (Å²) in [7, 11) is 0. The molecule has 2 heterocycles. The van der Waals surface area contributed by atoms with Crippen molar-refractivity contribution in [2.75, 3.05) is 18.0 Å². The highest BCUT2D eigenvalue weighted by atomic mass is 16.2. The molecule has 2 aliphatic rings. The van der Waals surface area contributed by atoms with Crippen LogP contribution >= 0.6 is 0 Å². The first kappa shape index (κ1) is 16.6. The molecule has 6 nitrogen and oxygen atoms in total. The third-order valence-corrected chi connectivity index (χ3v) is 5.08. The average molecular weight is 329 g/mol. The Morgan fingerprint density at radius 1 is 1.21 bits per heavy atom. The van der Waals surface area contributed by atoms with E-state index < -0.39 is 6.04 Å². The van der Waals surface area contributed by atoms with E-state index in [-0.39, 0.29) is 30.1 Å². The van der Waals surface area contributed by atoms with Gasteiger partial charge in [-0.2, -0.15) is 0 Å². The number of anilines is 1. The number of rotatable bonds is 3. The van der Waals surface area contributed by atoms with Gasteiger partial charge in [0.05, 0.1) is 24.1 Å². The number of benzene rings is 1. The molecule has 0 bridgehead atoms. The number of aryl methyl sites for hydroxylation is 2. The van der Waals surface area contributed by atoms with Crippen molar-refractivity contribution in [3.8, 4) is 0 Å². The lowest BCUT2D eigenvalue weighted by atomic mass is 9.96. The van der Waals surface area contributed by atoms with E-state index in [1.807, 2.05) is 36.9 Å². The van der Waals surface area contributed by atoms with Crippen molar-refractivity contribution in [3.63, 3.8) is 0 Å². The van der Waals surface area contributed by atoms with Gasteiger partial charge in [-0.3, -0.25) is 19.3 Å². The molecule has 3 amide bonds. The van der Waals surface area contributed by atoms with Crippen LogP contribution in [0.5, 0.6) is 0 Å². The predicted octanol–water partition coefficient (Wildman–Crippen LogP) is 1.13. The first-order valence-corrected chi connectivity index (χ1v) is 8.36. The van der Waals surface area contributed by atoms with Crippen LogP contribution in [-0.4, -0.2) is 41.8 Å². The lowest BCUT2D eigenvalue weighted by Gasteiger charge is -2.34. The number of imide groups is 1. The van der Waals surface area contributed by atoms with Crippen LogP contribution in [0.2, 0.25) is 0 Å². The monoisotopic (exact) mass is 329 g/mol. The SMILES string of the molecule is Cc1cccc(C)c1N1C(=O)C[C@@H](N2CCC[C@H](C(N)=O)C2)C1=O. The molecule has 0 aromatic heterocycles. The summed E-state index contributed by atoms with van der Waals surface area (Å²) in [6, 6.07) is 5.23. The maximum atomic E-state index is 12.9. The summed E-state index contributed by atoms with van der Waals surface area (Å²) in [5, 5.41) is 0. The van der Waals surface area contributed by atoms with Crippen molar-refractivity contribution in [2.45, 2.75) is 39.2 Å². The molecule has 1 aromatic carbocycles. The molecular formula is C18H23N3O3. The number of nitrogens with two attached hydrogens (primary N) is 1. The molecule has 0 unspecified atom stereocenters. The molecule has 128 valence electrons. The highest BCUT2D eigenvalue weighted by Gasteiger charge is 2.44. The van der Waals surface area contributed by atoms with Gasteiger partial charge in [-0.1, -0.05) is 18.2 Å². The van der Waals surface area contributed by atoms with Crippen LogP contribution in [-0.2, 0) is 14.4 Å². The van der Waals surface area contributed by atoms with Gasteiger partial charge < -0.3 is 5.73 Å². The van der Waals surface area contributed by atoms with Crippen LogP contribution in [0.4, 0.5) is 5.69 Å². The summed E-state index contributed by atoms with van der Waals surface area (Å²) in [6.07, 6.45) is 1.73. The number of carbonyl (C=O) groups is 3. The smallest absolute Gasteiger partial charge is 0.251 e. The van der Waals surface area contributed by atoms with Crippen LogP contribution in [0.15, 0.2) is 18.2 Å². The lowest BCUT2D eigenvalue weighted by molar-refractivity contribution is -0.127. The molecule has 2 atom stereocenters. The predicted molar refractivity (Wildman–Crippen MR) is 90.3 cm³/mol. The number of nitrogens with zero attached hydrogens (tertiary/aromatic N) is 2. The Kier molecular flexibility index (Phi) is 4.41. The molecule has 0 spiro atoms. The molecular weight excluding hydrogens is 306 g/mol. The molecule has 0 radical (unpaired) electrons. The number of amides is 3. The molecule has 0 saturated carbocycles. The van der Waals surface area contributed by atoms with Gasteiger partial charge in [0.15, 0.2) is 0 Å². The van der Waals surface area contributed by atoms with Crippen LogP contribution < -0.4 is 10.6 Å². The van der Waals surface area contributed by atoms with E-state index >= 15 is 0 Å². The number of hydrogen-bond acceptors (Lipinski definition) is 4. The Bertz CT molecular complexity index is 680. The van der Waals surface area contributed by atoms with Gasteiger partial charge in [-0.25, -0.2) is 4.90 Å². The molecule has 3 rings (SSSR count). The second kappa shape index (κ2) is 6.36. The zero-order valence-electron chi connectivity index (χ0n) is 14.1. The normalized spacial score (nSPS) is 25.3. The van der Waals surface area contributed by atoms with E-state index in [0.29, 0.717) is 18.8 Å². The first-order valence-electron chi connectivity index (χ1n) is 8.36. The zero-order valence-corrected chi connectivity index (χ0v) is 14.1. The van der Waals surface area contributed by atoms with Crippen LogP contribution in [0.3, 0.4) is 0 Å². The Morgan fingerprint density at radius 3 is 2.50 bits per heavy atom. The fourth-order valence-electron chi connectivity index (χ4n) is 3.82. The van der Waals surface area contributed by atoms with Crippen molar-refractivity contribution in [2.24, 2.45) is 11.7 Å². The summed E-state index contributed by atoms with van der Waals surface area (Å²) < 4.78 is 0. The van der Waals surface area contributed by atoms with E-state index in [9.17, 15) is 14.4 Å². The molecule has 24 heavy (non-hydrogen) atoms. The second-order valence-corrected chi connectivity index (χ2v) is 6.76. The standard InChI is InChI=1S/C18H23N3O3/c1-11-5-3-6-12(2)16(11)21-15(22)9-14(18(21)24)20-8-4-7-13(10-20)17(19)23/h3,5-6,13-14H,4,7-10H2,1-2H3,(H2,19,23)/t13-,14+/m0/s1. The maximum Gasteiger partial charge on any atom is 0.251 e. The van der Waals surface area contributed by atoms with Crippen LogP contribution in [0.1, 0.15) is 30.4 Å². The van der Waals surface area contributed by atoms with E-state index in [1.54, 1.807) is 0 Å². The van der Waals surface area contributed by atoms with Crippen molar-refractivity contribution in [1.82, 2.24) is 4.90 Å². The van der Waals surface area contributed by atoms with E-state index in [2.05, 4.69) is 0 Å². The van der Waals surface area contributed by atoms with Crippen molar-refractivity contribution < 1.29 is 14.4 Å². The van der Waals surface area contributed by atoms with Gasteiger partial charge in [0.1, 0.15) is 0 Å². The molecule has 2 saturated heterocycles. The fourth-order valence-corrected chi connectivity index (χ4v) is 3.82. The first-order chi connectivity index (χ1) is 11.4. The van der Waals surface area contributed by atoms with Gasteiger partial charge in [0, 0.05) is 6.54 Å². The number of primary amides is 1. The quantitative estimate of drug-likeness (QED) is 0.843. The molecule has 0 aliphatic carbocycles. The fraction of sp³-hybridized carbons (Fsp3) is 0.500. The number of piperidine rings is 1. The van der Waals surface area contributed by atoms with E-state index in [1.165, 1.54) is 4.90 Å². The summed E-state index contributed by atoms with van der Waals surface area (Å²) >= 11 is 0. The Balaban J connectivity index is 1.86. The summed E-state index contributed by atoms with van der Waals surface area (Å²) in [6.45, 7) is 4.98. The highest BCUT2D eigenvalue weighted by Crippen LogP contribution is 2.32. The number of hydrogen-bond donors (Lipinski definition) is 1. The second-order valence-electron chi connectivity index (χ2n) is 6.76. The van der Waals surface area contributed by atoms with Gasteiger partial charge in [-0.05, 0) is 44.4 Å². The summed E-state index contributed by atoms with van der Waals surface area (Å²) in [5.74, 6) is -0.940. The number of para-hydroxylation sites is 1. The minimum absolute atomic E-state index is 0.165. The Morgan fingerprint density at radius 2 is 1.88 bits per heavy atom. The number of likely N-dealkylation sites (tertiary alicyclic amines) is 1. The molecule has 1 aromatic rings. The summed E-state index contributed by atoms with van der Waals surface area (Å²) in [5.41, 5.74) is 7.93. The largest absolute Gasteiger partial charge is 0.369 e. The summed E-state index contributed by atoms with van der Waals surface area (Å²) in [4.78, 5) is 40.2. The highest BCUT2D eigenvalue weighted by molar-refractivity contribution is 6.23. The van der Waals surface area contributed by atoms with Crippen molar-refractivity contribution in [3.05, 3.63) is 29.3 Å². The van der Waals surface area contributed by atoms with Gasteiger partial charge in [0.2, 0.25) is 11.8 Å². The van der Waals surface area contributed by atoms with Crippen molar-refractivity contribution in [1.29, 1.82) is 0 Å². The Hall–Kier alpha value is -2.21. The Labute approximate surface area is 141 Å². The van der Waals surface area contributed by atoms with Gasteiger partial charge in [0.25, 0.3) is 5.91 Å².